The summed E-state index contributed by atoms with van der Waals surface area (Å²) >= 11 is 0.699. The first kappa shape index (κ1) is 25.5. The molecule has 1 saturated heterocycles. The Morgan fingerprint density at radius 1 is 1.21 bits per heavy atom. The lowest BCUT2D eigenvalue weighted by molar-refractivity contribution is -0.137. The van der Waals surface area contributed by atoms with E-state index in [0.717, 1.165) is 24.6 Å². The van der Waals surface area contributed by atoms with E-state index in [1.807, 2.05) is 0 Å². The highest BCUT2D eigenvalue weighted by Crippen LogP contribution is 2.48. The zero-order valence-corrected chi connectivity index (χ0v) is 21.1. The second kappa shape index (κ2) is 8.89. The predicted octanol–water partition coefficient (Wildman–Crippen LogP) is 5.48. The molecule has 6 rings (SSSR count). The third-order valence-corrected chi connectivity index (χ3v) is 8.59. The Balaban J connectivity index is 1.68. The van der Waals surface area contributed by atoms with E-state index in [2.05, 4.69) is 9.97 Å². The summed E-state index contributed by atoms with van der Waals surface area (Å²) in [6.07, 6.45) is -4.21. The van der Waals surface area contributed by atoms with Crippen LogP contribution in [0.2, 0.25) is 0 Å². The zero-order chi connectivity index (χ0) is 27.8. The van der Waals surface area contributed by atoms with Crippen molar-refractivity contribution in [3.8, 4) is 23.2 Å². The molecule has 0 spiro atoms. The number of halogens is 5. The van der Waals surface area contributed by atoms with Crippen molar-refractivity contribution in [2.24, 2.45) is 11.8 Å². The normalized spacial score (nSPS) is 21.1. The lowest BCUT2D eigenvalue weighted by atomic mass is 9.92. The smallest absolute Gasteiger partial charge is 0.417 e. The van der Waals surface area contributed by atoms with Crippen molar-refractivity contribution in [2.75, 3.05) is 30.8 Å². The molecule has 39 heavy (non-hydrogen) atoms. The van der Waals surface area contributed by atoms with E-state index in [1.54, 1.807) is 11.0 Å². The van der Waals surface area contributed by atoms with Crippen molar-refractivity contribution in [2.45, 2.75) is 25.1 Å². The molecule has 3 N–H and O–H groups in total. The number of nitrogen functional groups attached to an aromatic ring is 1. The molecule has 3 atom stereocenters. The van der Waals surface area contributed by atoms with Crippen LogP contribution in [0.5, 0.6) is 6.01 Å². The molecule has 2 aromatic heterocycles. The third kappa shape index (κ3) is 3.92. The van der Waals surface area contributed by atoms with Crippen LogP contribution >= 0.6 is 11.3 Å². The number of piperidine rings is 1. The highest BCUT2D eigenvalue weighted by atomic mass is 32.1. The van der Waals surface area contributed by atoms with Crippen molar-refractivity contribution in [1.82, 2.24) is 9.97 Å². The molecule has 0 radical (unpaired) electrons. The van der Waals surface area contributed by atoms with E-state index in [-0.39, 0.29) is 55.3 Å². The second-order valence-electron chi connectivity index (χ2n) is 9.86. The van der Waals surface area contributed by atoms with E-state index in [1.165, 1.54) is 7.11 Å². The van der Waals surface area contributed by atoms with Crippen molar-refractivity contribution in [3.05, 3.63) is 41.0 Å². The highest BCUT2D eigenvalue weighted by molar-refractivity contribution is 7.23. The number of nitrogens with two attached hydrogens (primary N) is 1. The number of methoxy groups -OCH3 is 1. The average Bonchev–Trinajstić information content (AvgIpc) is 3.37. The van der Waals surface area contributed by atoms with Crippen LogP contribution in [0.1, 0.15) is 24.0 Å². The van der Waals surface area contributed by atoms with Crippen molar-refractivity contribution >= 4 is 43.1 Å². The molecule has 202 valence electrons. The van der Waals surface area contributed by atoms with E-state index in [0.29, 0.717) is 30.8 Å². The van der Waals surface area contributed by atoms with Gasteiger partial charge in [-0.25, -0.2) is 8.78 Å². The highest BCUT2D eigenvalue weighted by Gasteiger charge is 2.42. The maximum atomic E-state index is 16.4. The summed E-state index contributed by atoms with van der Waals surface area (Å²) in [4.78, 5) is 10.1. The van der Waals surface area contributed by atoms with Crippen molar-refractivity contribution in [1.29, 1.82) is 5.26 Å². The number of anilines is 2. The van der Waals surface area contributed by atoms with Crippen molar-refractivity contribution in [3.63, 3.8) is 0 Å². The van der Waals surface area contributed by atoms with Gasteiger partial charge in [-0.1, -0.05) is 6.07 Å². The van der Waals surface area contributed by atoms with Gasteiger partial charge in [0.1, 0.15) is 28.2 Å². The standard InChI is InChI=1S/C26H20F5N5O2S/c1-38-25-34-21-13(24(35-25)36-8-10-4-11(9-36)17(37)5-10)6-15(26(29,30)31)19(20(21)28)12-2-3-16(27)22-18(12)14(7-32)23(33)39-22/h2-3,6,10-11,17,37H,4-5,8-9,33H2,1H3. The van der Waals surface area contributed by atoms with Gasteiger partial charge >= 0.3 is 12.2 Å². The fraction of sp³-hybridized carbons (Fsp3) is 0.346. The second-order valence-corrected chi connectivity index (χ2v) is 10.9. The maximum Gasteiger partial charge on any atom is 0.417 e. The van der Waals surface area contributed by atoms with Gasteiger partial charge in [0.2, 0.25) is 0 Å². The average molecular weight is 562 g/mol. The number of hydrogen-bond acceptors (Lipinski definition) is 8. The molecule has 2 fully saturated rings. The van der Waals surface area contributed by atoms with E-state index in [9.17, 15) is 27.9 Å². The lowest BCUT2D eigenvalue weighted by Crippen LogP contribution is -2.38. The fourth-order valence-corrected chi connectivity index (χ4v) is 6.87. The van der Waals surface area contributed by atoms with E-state index in [4.69, 9.17) is 10.5 Å². The number of nitrogens with zero attached hydrogens (tertiary/aromatic N) is 4. The Labute approximate surface area is 222 Å². The van der Waals surface area contributed by atoms with Gasteiger partial charge < -0.3 is 20.5 Å². The molecule has 1 aliphatic carbocycles. The largest absolute Gasteiger partial charge is 0.467 e. The van der Waals surface area contributed by atoms with Crippen LogP contribution in [0.4, 0.5) is 32.8 Å². The number of aliphatic hydroxyl groups excluding tert-OH is 1. The zero-order valence-electron chi connectivity index (χ0n) is 20.3. The van der Waals surface area contributed by atoms with E-state index >= 15 is 4.39 Å². The first-order valence-electron chi connectivity index (χ1n) is 12.0. The Bertz CT molecular complexity index is 1700. The number of thiophene rings is 1. The number of fused-ring (bicyclic) bond motifs is 4. The molecular formula is C26H20F5N5O2S. The molecule has 1 aliphatic heterocycles. The van der Waals surface area contributed by atoms with Gasteiger partial charge in [-0.15, -0.1) is 11.3 Å². The van der Waals surface area contributed by atoms with Crippen LogP contribution in [0, 0.1) is 34.8 Å². The molecular weight excluding hydrogens is 541 g/mol. The number of nitriles is 1. The van der Waals surface area contributed by atoms with Crippen LogP contribution in [0.15, 0.2) is 18.2 Å². The van der Waals surface area contributed by atoms with E-state index < -0.39 is 40.6 Å². The Hall–Kier alpha value is -3.76. The molecule has 3 unspecified atom stereocenters. The summed E-state index contributed by atoms with van der Waals surface area (Å²) < 4.78 is 79.8. The molecule has 2 aromatic carbocycles. The molecule has 4 aromatic rings. The molecule has 3 heterocycles. The molecule has 13 heteroatoms. The van der Waals surface area contributed by atoms with Crippen molar-refractivity contribution < 1.29 is 31.8 Å². The summed E-state index contributed by atoms with van der Waals surface area (Å²) in [6.45, 7) is 0.752. The topological polar surface area (TPSA) is 108 Å². The van der Waals surface area contributed by atoms with Gasteiger partial charge in [-0.2, -0.15) is 28.4 Å². The molecule has 7 nitrogen and oxygen atoms in total. The number of benzene rings is 2. The third-order valence-electron chi connectivity index (χ3n) is 7.57. The minimum Gasteiger partial charge on any atom is -0.467 e. The summed E-state index contributed by atoms with van der Waals surface area (Å²) in [5.41, 5.74) is 2.67. The molecule has 0 amide bonds. The predicted molar refractivity (Wildman–Crippen MR) is 135 cm³/mol. The molecule has 2 aliphatic rings. The quantitative estimate of drug-likeness (QED) is 0.319. The number of hydrogen-bond donors (Lipinski definition) is 2. The van der Waals surface area contributed by atoms with Gasteiger partial charge in [-0.05, 0) is 36.5 Å². The number of aromatic nitrogens is 2. The Morgan fingerprint density at radius 2 is 1.97 bits per heavy atom. The van der Waals surface area contributed by atoms with Crippen LogP contribution in [0.25, 0.3) is 32.1 Å². The summed E-state index contributed by atoms with van der Waals surface area (Å²) in [5.74, 6) is -2.02. The molecule has 2 bridgehead atoms. The van der Waals surface area contributed by atoms with Crippen LogP contribution in [0.3, 0.4) is 0 Å². The Kier molecular flexibility index (Phi) is 5.82. The van der Waals surface area contributed by atoms with Gasteiger partial charge in [0.05, 0.1) is 29.0 Å². The van der Waals surface area contributed by atoms with Gasteiger partial charge in [0.25, 0.3) is 0 Å². The summed E-state index contributed by atoms with van der Waals surface area (Å²) in [7, 11) is 1.26. The number of rotatable bonds is 3. The summed E-state index contributed by atoms with van der Waals surface area (Å²) in [6, 6.07) is 4.26. The number of ether oxygens (including phenoxy) is 1. The Morgan fingerprint density at radius 3 is 2.64 bits per heavy atom. The molecule has 1 saturated carbocycles. The maximum absolute atomic E-state index is 16.4. The minimum absolute atomic E-state index is 0.0679. The van der Waals surface area contributed by atoms with Crippen LogP contribution in [-0.2, 0) is 6.18 Å². The van der Waals surface area contributed by atoms with Crippen LogP contribution in [-0.4, -0.2) is 41.4 Å². The number of alkyl halides is 3. The first-order chi connectivity index (χ1) is 18.5. The lowest BCUT2D eigenvalue weighted by Gasteiger charge is -2.33. The van der Waals surface area contributed by atoms with Gasteiger partial charge in [-0.3, -0.25) is 0 Å². The van der Waals surface area contributed by atoms with Crippen LogP contribution < -0.4 is 15.4 Å². The van der Waals surface area contributed by atoms with Gasteiger partial charge in [0.15, 0.2) is 5.82 Å². The monoisotopic (exact) mass is 561 g/mol. The SMILES string of the molecule is COc1nc(N2CC3CC(O)C(C3)C2)c2cc(C(F)(F)F)c(-c3ccc(F)c4sc(N)c(C#N)c34)c(F)c2n1. The fourth-order valence-electron chi connectivity index (χ4n) is 5.92. The minimum atomic E-state index is -5.03. The van der Waals surface area contributed by atoms with Gasteiger partial charge in [0, 0.05) is 35.3 Å². The number of aliphatic hydroxyl groups is 1. The summed E-state index contributed by atoms with van der Waals surface area (Å²) in [5, 5.41) is 19.5. The first-order valence-corrected chi connectivity index (χ1v) is 12.8.